The predicted molar refractivity (Wildman–Crippen MR) is 145 cm³/mol. The number of aliphatic imine (C=N–C) groups is 1. The second-order valence-electron chi connectivity index (χ2n) is 7.93. The third-order valence-electron chi connectivity index (χ3n) is 5.66. The van der Waals surface area contributed by atoms with Crippen LogP contribution < -0.4 is 11.1 Å². The van der Waals surface area contributed by atoms with Crippen LogP contribution in [-0.4, -0.2) is 23.3 Å². The van der Waals surface area contributed by atoms with Crippen LogP contribution in [-0.2, 0) is 17.6 Å². The average Bonchev–Trinajstić information content (AvgIpc) is 3.49. The van der Waals surface area contributed by atoms with Gasteiger partial charge < -0.3 is 16.0 Å². The maximum Gasteiger partial charge on any atom is 0.224 e. The number of fused-ring (bicyclic) bond motifs is 3. The Labute approximate surface area is 208 Å². The lowest BCUT2D eigenvalue weighted by Crippen LogP contribution is -2.27. The Morgan fingerprint density at radius 1 is 0.941 bits per heavy atom. The van der Waals surface area contributed by atoms with Crippen LogP contribution in [0.25, 0.3) is 21.8 Å². The third kappa shape index (κ3) is 5.14. The minimum absolute atomic E-state index is 0. The zero-order valence-electron chi connectivity index (χ0n) is 18.5. The van der Waals surface area contributed by atoms with E-state index in [-0.39, 0.29) is 18.3 Å². The smallest absolute Gasteiger partial charge is 0.224 e. The summed E-state index contributed by atoms with van der Waals surface area (Å²) >= 11 is 1.56. The first-order valence-corrected chi connectivity index (χ1v) is 11.8. The molecule has 0 spiro atoms. The van der Waals surface area contributed by atoms with Gasteiger partial charge in [-0.3, -0.25) is 4.79 Å². The first-order chi connectivity index (χ1) is 16.2. The first-order valence-electron chi connectivity index (χ1n) is 10.9. The van der Waals surface area contributed by atoms with E-state index in [1.165, 1.54) is 16.3 Å². The molecule has 3 aromatic carbocycles. The van der Waals surface area contributed by atoms with E-state index in [4.69, 9.17) is 5.73 Å². The second-order valence-corrected chi connectivity index (χ2v) is 8.88. The molecule has 0 saturated carbocycles. The zero-order chi connectivity index (χ0) is 22.6. The minimum Gasteiger partial charge on any atom is -0.383 e. The maximum absolute atomic E-state index is 12.5. The highest BCUT2D eigenvalue weighted by Crippen LogP contribution is 2.28. The number of nitrogens with one attached hydrogen (secondary N) is 2. The van der Waals surface area contributed by atoms with E-state index in [2.05, 4.69) is 51.7 Å². The summed E-state index contributed by atoms with van der Waals surface area (Å²) in [6.07, 6.45) is 1.11. The summed E-state index contributed by atoms with van der Waals surface area (Å²) in [5.41, 5.74) is 11.3. The van der Waals surface area contributed by atoms with Gasteiger partial charge in [0.1, 0.15) is 5.84 Å². The summed E-state index contributed by atoms with van der Waals surface area (Å²) < 4.78 is 0. The number of rotatable bonds is 7. The van der Waals surface area contributed by atoms with Crippen molar-refractivity contribution in [2.24, 2.45) is 10.7 Å². The Balaban J connectivity index is 0.00000274. The van der Waals surface area contributed by atoms with Gasteiger partial charge in [0, 0.05) is 28.4 Å². The highest BCUT2D eigenvalue weighted by molar-refractivity contribution is 7.12. The average molecular weight is 489 g/mol. The molecule has 0 radical (unpaired) electrons. The SMILES string of the molecule is Cl.NC(=Nc1ccc(CC(=O)NCCc2cccc3[nH]c4ccccc4c23)cc1)c1cccs1. The number of carbonyl (C=O) groups is 1. The molecule has 0 saturated heterocycles. The Bertz CT molecular complexity index is 1440. The Kier molecular flexibility index (Phi) is 7.30. The van der Waals surface area contributed by atoms with Crippen LogP contribution in [0.3, 0.4) is 0 Å². The molecule has 2 heterocycles. The summed E-state index contributed by atoms with van der Waals surface area (Å²) in [5, 5.41) is 7.48. The van der Waals surface area contributed by atoms with E-state index in [0.717, 1.165) is 33.6 Å². The number of amidine groups is 1. The van der Waals surface area contributed by atoms with Crippen molar-refractivity contribution in [2.45, 2.75) is 12.8 Å². The number of aromatic nitrogens is 1. The molecule has 4 N–H and O–H groups in total. The highest BCUT2D eigenvalue weighted by Gasteiger charge is 2.09. The fourth-order valence-electron chi connectivity index (χ4n) is 4.08. The van der Waals surface area contributed by atoms with Crippen molar-refractivity contribution >= 4 is 63.0 Å². The molecular weight excluding hydrogens is 464 g/mol. The number of aromatic amines is 1. The van der Waals surface area contributed by atoms with E-state index in [1.54, 1.807) is 11.3 Å². The number of benzene rings is 3. The van der Waals surface area contributed by atoms with Crippen LogP contribution >= 0.6 is 23.7 Å². The monoisotopic (exact) mass is 488 g/mol. The number of carbonyl (C=O) groups excluding carboxylic acids is 1. The van der Waals surface area contributed by atoms with Gasteiger partial charge in [0.05, 0.1) is 17.0 Å². The van der Waals surface area contributed by atoms with Gasteiger partial charge in [-0.15, -0.1) is 23.7 Å². The molecule has 5 nitrogen and oxygen atoms in total. The zero-order valence-corrected chi connectivity index (χ0v) is 20.1. The third-order valence-corrected chi connectivity index (χ3v) is 6.55. The summed E-state index contributed by atoms with van der Waals surface area (Å²) in [4.78, 5) is 21.3. The van der Waals surface area contributed by atoms with Crippen molar-refractivity contribution in [2.75, 3.05) is 6.54 Å². The molecule has 2 aromatic heterocycles. The van der Waals surface area contributed by atoms with Gasteiger partial charge in [0.2, 0.25) is 5.91 Å². The van der Waals surface area contributed by atoms with Gasteiger partial charge in [0.15, 0.2) is 0 Å². The number of halogens is 1. The quantitative estimate of drug-likeness (QED) is 0.201. The van der Waals surface area contributed by atoms with Gasteiger partial charge in [-0.05, 0) is 53.3 Å². The fraction of sp³-hybridized carbons (Fsp3) is 0.111. The number of hydrogen-bond donors (Lipinski definition) is 3. The fourth-order valence-corrected chi connectivity index (χ4v) is 4.70. The number of nitrogens with two attached hydrogens (primary N) is 1. The second kappa shape index (κ2) is 10.5. The predicted octanol–water partition coefficient (Wildman–Crippen LogP) is 5.74. The van der Waals surface area contributed by atoms with Crippen molar-refractivity contribution < 1.29 is 4.79 Å². The molecule has 0 aliphatic carbocycles. The molecule has 7 heteroatoms. The lowest BCUT2D eigenvalue weighted by molar-refractivity contribution is -0.120. The van der Waals surface area contributed by atoms with E-state index < -0.39 is 0 Å². The van der Waals surface area contributed by atoms with Gasteiger partial charge in [-0.1, -0.05) is 48.5 Å². The molecule has 0 unspecified atom stereocenters. The van der Waals surface area contributed by atoms with Crippen LogP contribution in [0.1, 0.15) is 16.0 Å². The molecule has 0 aliphatic heterocycles. The molecule has 0 aliphatic rings. The molecule has 0 bridgehead atoms. The van der Waals surface area contributed by atoms with Crippen molar-refractivity contribution in [1.29, 1.82) is 0 Å². The van der Waals surface area contributed by atoms with E-state index in [0.29, 0.717) is 18.8 Å². The standard InChI is InChI=1S/C27H24N4OS.ClH/c28-27(24-9-4-16-33-24)30-20-12-10-18(11-13-20)17-25(32)29-15-14-19-5-3-8-23-26(19)21-6-1-2-7-22(21)31-23;/h1-13,16,31H,14-15,17H2,(H2,28,30)(H,29,32);1H. The number of amides is 1. The molecule has 34 heavy (non-hydrogen) atoms. The minimum atomic E-state index is 0. The normalized spacial score (nSPS) is 11.5. The Morgan fingerprint density at radius 2 is 1.74 bits per heavy atom. The lowest BCUT2D eigenvalue weighted by Gasteiger charge is -2.07. The maximum atomic E-state index is 12.5. The molecule has 5 rings (SSSR count). The van der Waals surface area contributed by atoms with Crippen LogP contribution in [0.4, 0.5) is 5.69 Å². The van der Waals surface area contributed by atoms with Crippen molar-refractivity contribution in [3.05, 3.63) is 100 Å². The van der Waals surface area contributed by atoms with Crippen molar-refractivity contribution in [3.63, 3.8) is 0 Å². The lowest BCUT2D eigenvalue weighted by atomic mass is 10.0. The van der Waals surface area contributed by atoms with E-state index in [9.17, 15) is 4.79 Å². The number of para-hydroxylation sites is 1. The van der Waals surface area contributed by atoms with Crippen LogP contribution in [0.15, 0.2) is 89.2 Å². The number of H-pyrrole nitrogens is 1. The summed E-state index contributed by atoms with van der Waals surface area (Å²) in [7, 11) is 0. The summed E-state index contributed by atoms with van der Waals surface area (Å²) in [6.45, 7) is 0.594. The van der Waals surface area contributed by atoms with E-state index in [1.807, 2.05) is 47.8 Å². The van der Waals surface area contributed by atoms with Gasteiger partial charge in [0.25, 0.3) is 0 Å². The number of hydrogen-bond acceptors (Lipinski definition) is 3. The van der Waals surface area contributed by atoms with Crippen molar-refractivity contribution in [1.82, 2.24) is 10.3 Å². The van der Waals surface area contributed by atoms with E-state index >= 15 is 0 Å². The highest BCUT2D eigenvalue weighted by atomic mass is 35.5. The molecule has 5 aromatic rings. The number of nitrogens with zero attached hydrogens (tertiary/aromatic N) is 1. The molecule has 1 amide bonds. The first kappa shape index (κ1) is 23.5. The molecule has 0 atom stereocenters. The summed E-state index contributed by atoms with van der Waals surface area (Å²) in [6, 6.07) is 26.1. The van der Waals surface area contributed by atoms with Crippen LogP contribution in [0.2, 0.25) is 0 Å². The Hall–Kier alpha value is -3.61. The van der Waals surface area contributed by atoms with Gasteiger partial charge in [-0.2, -0.15) is 0 Å². The summed E-state index contributed by atoms with van der Waals surface area (Å²) in [5.74, 6) is 0.510. The van der Waals surface area contributed by atoms with Gasteiger partial charge >= 0.3 is 0 Å². The molecule has 172 valence electrons. The molecule has 0 fully saturated rings. The topological polar surface area (TPSA) is 83.3 Å². The van der Waals surface area contributed by atoms with Crippen LogP contribution in [0.5, 0.6) is 0 Å². The Morgan fingerprint density at radius 3 is 2.53 bits per heavy atom. The number of thiophene rings is 1. The van der Waals surface area contributed by atoms with Gasteiger partial charge in [-0.25, -0.2) is 4.99 Å². The largest absolute Gasteiger partial charge is 0.383 e. The molecular formula is C27H25ClN4OS. The van der Waals surface area contributed by atoms with Crippen molar-refractivity contribution in [3.8, 4) is 0 Å². The van der Waals surface area contributed by atoms with Crippen LogP contribution in [0, 0.1) is 0 Å².